The Hall–Kier alpha value is -3.38. The Kier molecular flexibility index (Phi) is 7.80. The lowest BCUT2D eigenvalue weighted by Gasteiger charge is -2.21. The molecule has 0 saturated carbocycles. The van der Waals surface area contributed by atoms with Gasteiger partial charge in [-0.05, 0) is 36.6 Å². The molecule has 1 heterocycles. The zero-order chi connectivity index (χ0) is 23.9. The van der Waals surface area contributed by atoms with E-state index in [2.05, 4.69) is 75.5 Å². The molecule has 3 aromatic carbocycles. The second kappa shape index (κ2) is 11.2. The van der Waals surface area contributed by atoms with Crippen LogP contribution in [0.5, 0.6) is 0 Å². The number of benzene rings is 3. The van der Waals surface area contributed by atoms with Crippen LogP contribution in [0.2, 0.25) is 0 Å². The van der Waals surface area contributed by atoms with Crippen molar-refractivity contribution in [3.05, 3.63) is 107 Å². The average Bonchev–Trinajstić information content (AvgIpc) is 3.28. The van der Waals surface area contributed by atoms with Gasteiger partial charge in [0.1, 0.15) is 0 Å². The van der Waals surface area contributed by atoms with Gasteiger partial charge in [-0.3, -0.25) is 9.36 Å². The lowest BCUT2D eigenvalue weighted by molar-refractivity contribution is -0.124. The van der Waals surface area contributed by atoms with E-state index in [9.17, 15) is 4.79 Å². The minimum absolute atomic E-state index is 0.00197. The Morgan fingerprint density at radius 1 is 0.882 bits per heavy atom. The molecule has 1 amide bonds. The first-order chi connectivity index (χ1) is 16.5. The van der Waals surface area contributed by atoms with Crippen molar-refractivity contribution in [3.8, 4) is 5.69 Å². The third-order valence-corrected chi connectivity index (χ3v) is 6.60. The van der Waals surface area contributed by atoms with Gasteiger partial charge in [0.2, 0.25) is 5.91 Å². The molecule has 34 heavy (non-hydrogen) atoms. The average molecular weight is 471 g/mol. The van der Waals surface area contributed by atoms with Gasteiger partial charge >= 0.3 is 0 Å². The molecule has 1 atom stereocenters. The maximum Gasteiger partial charge on any atom is 0.223 e. The van der Waals surface area contributed by atoms with Crippen molar-refractivity contribution in [2.45, 2.75) is 44.1 Å². The van der Waals surface area contributed by atoms with E-state index >= 15 is 0 Å². The predicted octanol–water partition coefficient (Wildman–Crippen LogP) is 5.92. The summed E-state index contributed by atoms with van der Waals surface area (Å²) in [5.41, 5.74) is 4.53. The fourth-order valence-electron chi connectivity index (χ4n) is 3.65. The Labute approximate surface area is 205 Å². The lowest BCUT2D eigenvalue weighted by Crippen LogP contribution is -2.34. The summed E-state index contributed by atoms with van der Waals surface area (Å²) in [7, 11) is 0. The topological polar surface area (TPSA) is 59.8 Å². The number of aryl methyl sites for hydroxylation is 1. The first kappa shape index (κ1) is 23.8. The summed E-state index contributed by atoms with van der Waals surface area (Å²) in [5, 5.41) is 13.2. The molecule has 5 nitrogen and oxygen atoms in total. The van der Waals surface area contributed by atoms with E-state index in [1.165, 1.54) is 11.1 Å². The summed E-state index contributed by atoms with van der Waals surface area (Å²) in [6.45, 7) is 5.88. The summed E-state index contributed by atoms with van der Waals surface area (Å²) in [6, 6.07) is 28.5. The summed E-state index contributed by atoms with van der Waals surface area (Å²) >= 11 is 1.65. The number of carbonyl (C=O) groups is 1. The number of hydrogen-bond acceptors (Lipinski definition) is 4. The van der Waals surface area contributed by atoms with Gasteiger partial charge in [-0.15, -0.1) is 10.2 Å². The van der Waals surface area contributed by atoms with Gasteiger partial charge in [0.05, 0.1) is 6.04 Å². The van der Waals surface area contributed by atoms with Crippen LogP contribution in [0, 0.1) is 12.8 Å². The number of rotatable bonds is 9. The highest BCUT2D eigenvalue weighted by atomic mass is 32.2. The van der Waals surface area contributed by atoms with Crippen LogP contribution in [0.15, 0.2) is 90.1 Å². The van der Waals surface area contributed by atoms with Crippen molar-refractivity contribution < 1.29 is 4.79 Å². The summed E-state index contributed by atoms with van der Waals surface area (Å²) in [4.78, 5) is 12.8. The fourth-order valence-corrected chi connectivity index (χ4v) is 4.57. The molecule has 0 bridgehead atoms. The Morgan fingerprint density at radius 2 is 1.50 bits per heavy atom. The van der Waals surface area contributed by atoms with Crippen molar-refractivity contribution >= 4 is 17.7 Å². The molecule has 0 radical (unpaired) electrons. The molecule has 6 heteroatoms. The van der Waals surface area contributed by atoms with Gasteiger partial charge in [0.25, 0.3) is 0 Å². The van der Waals surface area contributed by atoms with Crippen LogP contribution in [0.25, 0.3) is 5.69 Å². The highest BCUT2D eigenvalue weighted by Gasteiger charge is 2.25. The van der Waals surface area contributed by atoms with E-state index in [0.717, 1.165) is 28.0 Å². The van der Waals surface area contributed by atoms with E-state index < -0.39 is 0 Å². The number of hydrogen-bond donors (Lipinski definition) is 1. The maximum absolute atomic E-state index is 12.8. The smallest absolute Gasteiger partial charge is 0.223 e. The van der Waals surface area contributed by atoms with Crippen LogP contribution >= 0.6 is 11.8 Å². The summed E-state index contributed by atoms with van der Waals surface area (Å²) in [5.74, 6) is 1.39. The molecular weight excluding hydrogens is 440 g/mol. The van der Waals surface area contributed by atoms with E-state index in [0.29, 0.717) is 6.42 Å². The Balaban J connectivity index is 1.73. The van der Waals surface area contributed by atoms with Crippen molar-refractivity contribution in [3.63, 3.8) is 0 Å². The predicted molar refractivity (Wildman–Crippen MR) is 138 cm³/mol. The van der Waals surface area contributed by atoms with Gasteiger partial charge in [0.15, 0.2) is 11.0 Å². The summed E-state index contributed by atoms with van der Waals surface area (Å²) < 4.78 is 2.08. The van der Waals surface area contributed by atoms with Crippen molar-refractivity contribution in [1.82, 2.24) is 20.1 Å². The third-order valence-electron chi connectivity index (χ3n) is 5.60. The fraction of sp³-hybridized carbons (Fsp3) is 0.250. The molecule has 0 aliphatic rings. The lowest BCUT2D eigenvalue weighted by atomic mass is 10.0. The first-order valence-electron chi connectivity index (χ1n) is 11.5. The standard InChI is InChI=1S/C28H30N4OS/c1-20(2)27(33)29-25(18-22-10-6-4-7-11-22)26-30-31-28(34-19-23-12-8-5-9-13-23)32(26)24-16-14-21(3)15-17-24/h4-17,20,25H,18-19H2,1-3H3,(H,29,33). The third kappa shape index (κ3) is 5.94. The number of amides is 1. The van der Waals surface area contributed by atoms with Gasteiger partial charge in [-0.1, -0.05) is 104 Å². The number of carbonyl (C=O) groups excluding carboxylic acids is 1. The van der Waals surface area contributed by atoms with Crippen LogP contribution in [-0.2, 0) is 17.0 Å². The molecule has 0 aliphatic heterocycles. The van der Waals surface area contributed by atoms with Crippen LogP contribution in [0.1, 0.15) is 42.4 Å². The molecule has 174 valence electrons. The van der Waals surface area contributed by atoms with E-state index in [1.807, 2.05) is 50.2 Å². The molecule has 0 aliphatic carbocycles. The second-order valence-corrected chi connectivity index (χ2v) is 9.63. The van der Waals surface area contributed by atoms with E-state index in [4.69, 9.17) is 0 Å². The molecule has 1 N–H and O–H groups in total. The van der Waals surface area contributed by atoms with Gasteiger partial charge in [0, 0.05) is 17.4 Å². The maximum atomic E-state index is 12.8. The number of aromatic nitrogens is 3. The number of nitrogens with one attached hydrogen (secondary N) is 1. The highest BCUT2D eigenvalue weighted by Crippen LogP contribution is 2.29. The Bertz CT molecular complexity index is 1200. The van der Waals surface area contributed by atoms with E-state index in [-0.39, 0.29) is 17.9 Å². The van der Waals surface area contributed by atoms with E-state index in [1.54, 1.807) is 11.8 Å². The minimum atomic E-state index is -0.308. The van der Waals surface area contributed by atoms with Crippen LogP contribution in [-0.4, -0.2) is 20.7 Å². The quantitative estimate of drug-likeness (QED) is 0.308. The molecule has 0 fully saturated rings. The van der Waals surface area contributed by atoms with Crippen LogP contribution < -0.4 is 5.32 Å². The van der Waals surface area contributed by atoms with Crippen molar-refractivity contribution in [1.29, 1.82) is 0 Å². The first-order valence-corrected chi connectivity index (χ1v) is 12.5. The molecule has 4 rings (SSSR count). The second-order valence-electron chi connectivity index (χ2n) is 8.69. The highest BCUT2D eigenvalue weighted by molar-refractivity contribution is 7.98. The molecule has 4 aromatic rings. The molecule has 1 aromatic heterocycles. The normalized spacial score (nSPS) is 12.0. The monoisotopic (exact) mass is 470 g/mol. The van der Waals surface area contributed by atoms with Gasteiger partial charge < -0.3 is 5.32 Å². The molecular formula is C28H30N4OS. The van der Waals surface area contributed by atoms with Crippen LogP contribution in [0.3, 0.4) is 0 Å². The van der Waals surface area contributed by atoms with Crippen molar-refractivity contribution in [2.75, 3.05) is 0 Å². The zero-order valence-electron chi connectivity index (χ0n) is 19.8. The van der Waals surface area contributed by atoms with Gasteiger partial charge in [-0.25, -0.2) is 0 Å². The Morgan fingerprint density at radius 3 is 2.12 bits per heavy atom. The molecule has 1 unspecified atom stereocenters. The molecule has 0 saturated heterocycles. The number of thioether (sulfide) groups is 1. The van der Waals surface area contributed by atoms with Crippen LogP contribution in [0.4, 0.5) is 0 Å². The van der Waals surface area contributed by atoms with Crippen molar-refractivity contribution in [2.24, 2.45) is 5.92 Å². The largest absolute Gasteiger partial charge is 0.345 e. The SMILES string of the molecule is Cc1ccc(-n2c(SCc3ccccc3)nnc2C(Cc2ccccc2)NC(=O)C(C)C)cc1. The zero-order valence-corrected chi connectivity index (χ0v) is 20.6. The minimum Gasteiger partial charge on any atom is -0.345 e. The molecule has 0 spiro atoms. The number of nitrogens with zero attached hydrogens (tertiary/aromatic N) is 3. The van der Waals surface area contributed by atoms with Gasteiger partial charge in [-0.2, -0.15) is 0 Å². The summed E-state index contributed by atoms with van der Waals surface area (Å²) in [6.07, 6.45) is 0.632.